The van der Waals surface area contributed by atoms with E-state index < -0.39 is 0 Å². The van der Waals surface area contributed by atoms with Crippen molar-refractivity contribution in [3.8, 4) is 0 Å². The van der Waals surface area contributed by atoms with Crippen LogP contribution in [0.5, 0.6) is 0 Å². The Balaban J connectivity index is 1.97. The molecule has 96 valence electrons. The maximum Gasteiger partial charge on any atom is 0.154 e. The molecule has 1 atom stereocenters. The van der Waals surface area contributed by atoms with Crippen molar-refractivity contribution in [1.82, 2.24) is 29.9 Å². The first-order valence-electron chi connectivity index (χ1n) is 6.43. The van der Waals surface area contributed by atoms with E-state index in [-0.39, 0.29) is 6.04 Å². The fraction of sp³-hybridized carbons (Fsp3) is 0.583. The van der Waals surface area contributed by atoms with Gasteiger partial charge in [0.2, 0.25) is 0 Å². The number of nitrogens with zero attached hydrogens (tertiary/aromatic N) is 5. The predicted molar refractivity (Wildman–Crippen MR) is 67.1 cm³/mol. The fourth-order valence-electron chi connectivity index (χ4n) is 2.48. The molecule has 2 aromatic rings. The predicted octanol–water partition coefficient (Wildman–Crippen LogP) is 0.657. The zero-order valence-electron chi connectivity index (χ0n) is 10.8. The highest BCUT2D eigenvalue weighted by Gasteiger charge is 2.26. The van der Waals surface area contributed by atoms with E-state index in [1.54, 1.807) is 0 Å². The summed E-state index contributed by atoms with van der Waals surface area (Å²) in [5, 5.41) is 16.4. The molecular formula is C12H18N6. The zero-order chi connectivity index (χ0) is 12.5. The lowest BCUT2D eigenvalue weighted by Gasteiger charge is -2.24. The van der Waals surface area contributed by atoms with Gasteiger partial charge in [-0.25, -0.2) is 0 Å². The summed E-state index contributed by atoms with van der Waals surface area (Å²) in [5.74, 6) is 2.11. The maximum atomic E-state index is 4.36. The number of aromatic nitrogens is 5. The van der Waals surface area contributed by atoms with Crippen molar-refractivity contribution in [2.45, 2.75) is 32.4 Å². The Labute approximate surface area is 106 Å². The van der Waals surface area contributed by atoms with E-state index in [1.807, 2.05) is 24.1 Å². The first-order valence-corrected chi connectivity index (χ1v) is 6.43. The molecule has 3 rings (SSSR count). The summed E-state index contributed by atoms with van der Waals surface area (Å²) < 4.78 is 4.07. The van der Waals surface area contributed by atoms with Gasteiger partial charge in [0.05, 0.1) is 12.2 Å². The van der Waals surface area contributed by atoms with Gasteiger partial charge in [-0.05, 0) is 6.42 Å². The maximum absolute atomic E-state index is 4.36. The molecule has 1 aliphatic rings. The molecule has 3 heterocycles. The summed E-state index contributed by atoms with van der Waals surface area (Å²) >= 11 is 0. The molecule has 0 bridgehead atoms. The average molecular weight is 246 g/mol. The quantitative estimate of drug-likeness (QED) is 0.864. The van der Waals surface area contributed by atoms with Gasteiger partial charge >= 0.3 is 0 Å². The van der Waals surface area contributed by atoms with E-state index in [4.69, 9.17) is 0 Å². The molecule has 2 aromatic heterocycles. The summed E-state index contributed by atoms with van der Waals surface area (Å²) in [7, 11) is 1.93. The van der Waals surface area contributed by atoms with Crippen LogP contribution in [0, 0.1) is 0 Å². The van der Waals surface area contributed by atoms with E-state index >= 15 is 0 Å². The van der Waals surface area contributed by atoms with Crippen LogP contribution in [0.3, 0.4) is 0 Å². The molecule has 0 spiro atoms. The topological polar surface area (TPSA) is 60.6 Å². The molecule has 18 heavy (non-hydrogen) atoms. The average Bonchev–Trinajstić information content (AvgIpc) is 2.97. The van der Waals surface area contributed by atoms with Gasteiger partial charge in [-0.15, -0.1) is 10.2 Å². The minimum absolute atomic E-state index is 0.116. The Morgan fingerprint density at radius 1 is 1.44 bits per heavy atom. The van der Waals surface area contributed by atoms with Crippen molar-refractivity contribution in [1.29, 1.82) is 0 Å². The number of hydrogen-bond acceptors (Lipinski definition) is 4. The summed E-state index contributed by atoms with van der Waals surface area (Å²) in [4.78, 5) is 0. The lowest BCUT2D eigenvalue weighted by molar-refractivity contribution is 0.446. The Morgan fingerprint density at radius 3 is 3.06 bits per heavy atom. The molecule has 0 fully saturated rings. The van der Waals surface area contributed by atoms with Gasteiger partial charge in [0.25, 0.3) is 0 Å². The molecule has 1 aliphatic heterocycles. The van der Waals surface area contributed by atoms with Gasteiger partial charge in [0.1, 0.15) is 5.82 Å². The van der Waals surface area contributed by atoms with Crippen LogP contribution < -0.4 is 5.32 Å². The molecule has 0 saturated heterocycles. The Hall–Kier alpha value is -1.69. The number of nitrogens with one attached hydrogen (secondary N) is 1. The van der Waals surface area contributed by atoms with E-state index in [0.29, 0.717) is 0 Å². The number of hydrogen-bond donors (Lipinski definition) is 1. The van der Waals surface area contributed by atoms with Crippen LogP contribution in [0.1, 0.15) is 36.6 Å². The molecule has 1 unspecified atom stereocenters. The second kappa shape index (κ2) is 4.53. The van der Waals surface area contributed by atoms with Crippen molar-refractivity contribution in [2.75, 3.05) is 6.54 Å². The van der Waals surface area contributed by atoms with E-state index in [1.165, 1.54) is 0 Å². The number of aryl methyl sites for hydroxylation is 2. The largest absolute Gasteiger partial charge is 0.312 e. The minimum atomic E-state index is 0.116. The van der Waals surface area contributed by atoms with Gasteiger partial charge in [0.15, 0.2) is 5.82 Å². The van der Waals surface area contributed by atoms with Crippen LogP contribution >= 0.6 is 0 Å². The van der Waals surface area contributed by atoms with Crippen molar-refractivity contribution in [3.05, 3.63) is 29.6 Å². The van der Waals surface area contributed by atoms with Crippen LogP contribution in [-0.4, -0.2) is 31.1 Å². The van der Waals surface area contributed by atoms with E-state index in [0.717, 1.165) is 43.1 Å². The Bertz CT molecular complexity index is 541. The Morgan fingerprint density at radius 2 is 2.33 bits per heavy atom. The summed E-state index contributed by atoms with van der Waals surface area (Å²) in [6, 6.07) is 0.116. The fourth-order valence-corrected chi connectivity index (χ4v) is 2.48. The smallest absolute Gasteiger partial charge is 0.154 e. The second-order valence-electron chi connectivity index (χ2n) is 4.71. The summed E-state index contributed by atoms with van der Waals surface area (Å²) in [6.07, 6.45) is 6.01. The SMILES string of the molecule is CCCc1nnc2n1CCNC2c1cnn(C)c1. The molecule has 0 aliphatic carbocycles. The standard InChI is InChI=1S/C12H18N6/c1-3-4-10-15-16-12-11(13-5-6-18(10)12)9-7-14-17(2)8-9/h7-8,11,13H,3-6H2,1-2H3. The normalized spacial score (nSPS) is 18.9. The zero-order valence-corrected chi connectivity index (χ0v) is 10.8. The highest BCUT2D eigenvalue weighted by atomic mass is 15.3. The number of fused-ring (bicyclic) bond motifs is 1. The Kier molecular flexibility index (Phi) is 2.87. The molecule has 0 saturated carbocycles. The van der Waals surface area contributed by atoms with Crippen LogP contribution in [0.4, 0.5) is 0 Å². The minimum Gasteiger partial charge on any atom is -0.312 e. The summed E-state index contributed by atoms with van der Waals surface area (Å²) in [6.45, 7) is 4.07. The third kappa shape index (κ3) is 1.82. The first kappa shape index (κ1) is 11.4. The molecule has 0 aromatic carbocycles. The van der Waals surface area contributed by atoms with Gasteiger partial charge in [0, 0.05) is 38.3 Å². The van der Waals surface area contributed by atoms with Gasteiger partial charge in [-0.3, -0.25) is 4.68 Å². The van der Waals surface area contributed by atoms with Crippen molar-refractivity contribution in [3.63, 3.8) is 0 Å². The van der Waals surface area contributed by atoms with Crippen molar-refractivity contribution >= 4 is 0 Å². The third-order valence-corrected chi connectivity index (χ3v) is 3.33. The van der Waals surface area contributed by atoms with Crippen LogP contribution in [0.25, 0.3) is 0 Å². The van der Waals surface area contributed by atoms with E-state index in [2.05, 4.69) is 32.1 Å². The monoisotopic (exact) mass is 246 g/mol. The number of rotatable bonds is 3. The molecule has 0 radical (unpaired) electrons. The first-order chi connectivity index (χ1) is 8.79. The second-order valence-corrected chi connectivity index (χ2v) is 4.71. The van der Waals surface area contributed by atoms with Gasteiger partial charge in [-0.2, -0.15) is 5.10 Å². The molecular weight excluding hydrogens is 228 g/mol. The lowest BCUT2D eigenvalue weighted by atomic mass is 10.1. The molecule has 6 heteroatoms. The highest BCUT2D eigenvalue weighted by molar-refractivity contribution is 5.21. The van der Waals surface area contributed by atoms with Gasteiger partial charge in [-0.1, -0.05) is 6.92 Å². The van der Waals surface area contributed by atoms with E-state index in [9.17, 15) is 0 Å². The van der Waals surface area contributed by atoms with Gasteiger partial charge < -0.3 is 9.88 Å². The molecule has 1 N–H and O–H groups in total. The van der Waals surface area contributed by atoms with Crippen molar-refractivity contribution in [2.24, 2.45) is 7.05 Å². The molecule has 6 nitrogen and oxygen atoms in total. The van der Waals surface area contributed by atoms with Crippen molar-refractivity contribution < 1.29 is 0 Å². The van der Waals surface area contributed by atoms with Crippen LogP contribution in [0.2, 0.25) is 0 Å². The molecule has 0 amide bonds. The lowest BCUT2D eigenvalue weighted by Crippen LogP contribution is -2.34. The van der Waals surface area contributed by atoms with Crippen LogP contribution in [0.15, 0.2) is 12.4 Å². The van der Waals surface area contributed by atoms with Crippen LogP contribution in [-0.2, 0) is 20.0 Å². The summed E-state index contributed by atoms with van der Waals surface area (Å²) in [5.41, 5.74) is 1.15. The third-order valence-electron chi connectivity index (χ3n) is 3.33. The highest BCUT2D eigenvalue weighted by Crippen LogP contribution is 2.23.